The van der Waals surface area contributed by atoms with Crippen LogP contribution in [0.4, 0.5) is 0 Å². The normalized spacial score (nSPS) is 15.5. The van der Waals surface area contributed by atoms with Crippen molar-refractivity contribution >= 4 is 34.9 Å². The highest BCUT2D eigenvalue weighted by Gasteiger charge is 2.30. The van der Waals surface area contributed by atoms with E-state index in [0.29, 0.717) is 31.0 Å². The zero-order valence-corrected chi connectivity index (χ0v) is 12.6. The number of hydrogen-bond acceptors (Lipinski definition) is 4. The molecular formula is C12H20N4O3S. The SMILES string of the molecule is CN(CCC(N)=S)C(=O)CCN1CCN(C)C(=O)C1=O. The molecule has 1 rings (SSSR count). The molecule has 7 nitrogen and oxygen atoms in total. The van der Waals surface area contributed by atoms with Gasteiger partial charge in [-0.3, -0.25) is 14.4 Å². The lowest BCUT2D eigenvalue weighted by Gasteiger charge is -2.31. The van der Waals surface area contributed by atoms with Gasteiger partial charge in [0.25, 0.3) is 0 Å². The predicted molar refractivity (Wildman–Crippen MR) is 77.9 cm³/mol. The number of likely N-dealkylation sites (N-methyl/N-ethyl adjacent to an activating group) is 1. The fraction of sp³-hybridized carbons (Fsp3) is 0.667. The standard InChI is InChI=1S/C12H20N4O3S/c1-14(5-3-9(13)20)10(17)4-6-16-8-7-15(2)11(18)12(16)19/h3-8H2,1-2H3,(H2,13,20). The molecule has 1 saturated heterocycles. The molecule has 0 spiro atoms. The van der Waals surface area contributed by atoms with Crippen LogP contribution in [0, 0.1) is 0 Å². The molecule has 112 valence electrons. The van der Waals surface area contributed by atoms with Gasteiger partial charge in [0.2, 0.25) is 5.91 Å². The predicted octanol–water partition coefficient (Wildman–Crippen LogP) is -1.19. The molecule has 0 aromatic heterocycles. The molecule has 1 fully saturated rings. The van der Waals surface area contributed by atoms with Crippen molar-refractivity contribution in [3.05, 3.63) is 0 Å². The summed E-state index contributed by atoms with van der Waals surface area (Å²) in [6.07, 6.45) is 0.667. The van der Waals surface area contributed by atoms with Gasteiger partial charge in [-0.2, -0.15) is 0 Å². The smallest absolute Gasteiger partial charge is 0.312 e. The molecule has 0 aromatic rings. The molecule has 2 N–H and O–H groups in total. The van der Waals surface area contributed by atoms with E-state index in [4.69, 9.17) is 18.0 Å². The van der Waals surface area contributed by atoms with Crippen LogP contribution in [-0.4, -0.2) is 77.7 Å². The number of nitrogens with two attached hydrogens (primary N) is 1. The highest BCUT2D eigenvalue weighted by molar-refractivity contribution is 7.80. The molecule has 0 aliphatic carbocycles. The molecule has 0 radical (unpaired) electrons. The van der Waals surface area contributed by atoms with E-state index in [2.05, 4.69) is 0 Å². The van der Waals surface area contributed by atoms with Crippen molar-refractivity contribution in [2.45, 2.75) is 12.8 Å². The third-order valence-corrected chi connectivity index (χ3v) is 3.44. The van der Waals surface area contributed by atoms with E-state index in [-0.39, 0.29) is 18.9 Å². The van der Waals surface area contributed by atoms with Crippen LogP contribution in [-0.2, 0) is 14.4 Å². The van der Waals surface area contributed by atoms with Crippen LogP contribution in [0.25, 0.3) is 0 Å². The Hall–Kier alpha value is -1.70. The number of carbonyl (C=O) groups excluding carboxylic acids is 3. The summed E-state index contributed by atoms with van der Waals surface area (Å²) in [5, 5.41) is 0. The van der Waals surface area contributed by atoms with Gasteiger partial charge in [-0.25, -0.2) is 0 Å². The Morgan fingerprint density at radius 2 is 1.95 bits per heavy atom. The number of carbonyl (C=O) groups is 3. The molecule has 1 aliphatic heterocycles. The molecule has 1 heterocycles. The topological polar surface area (TPSA) is 86.9 Å². The van der Waals surface area contributed by atoms with Crippen molar-refractivity contribution in [3.8, 4) is 0 Å². The molecule has 3 amide bonds. The van der Waals surface area contributed by atoms with Crippen molar-refractivity contribution in [2.24, 2.45) is 5.73 Å². The Morgan fingerprint density at radius 1 is 1.30 bits per heavy atom. The van der Waals surface area contributed by atoms with Crippen molar-refractivity contribution in [2.75, 3.05) is 40.3 Å². The van der Waals surface area contributed by atoms with Crippen LogP contribution in [0.2, 0.25) is 0 Å². The summed E-state index contributed by atoms with van der Waals surface area (Å²) in [5.74, 6) is -1.16. The molecule has 0 atom stereocenters. The molecular weight excluding hydrogens is 280 g/mol. The average Bonchev–Trinajstić information content (AvgIpc) is 2.41. The summed E-state index contributed by atoms with van der Waals surface area (Å²) < 4.78 is 0. The Morgan fingerprint density at radius 3 is 2.55 bits per heavy atom. The molecule has 0 aromatic carbocycles. The van der Waals surface area contributed by atoms with Gasteiger partial charge in [0, 0.05) is 53.1 Å². The van der Waals surface area contributed by atoms with Crippen molar-refractivity contribution in [3.63, 3.8) is 0 Å². The first-order valence-electron chi connectivity index (χ1n) is 6.39. The minimum atomic E-state index is -0.544. The zero-order chi connectivity index (χ0) is 15.3. The fourth-order valence-corrected chi connectivity index (χ4v) is 1.90. The van der Waals surface area contributed by atoms with Crippen LogP contribution in [0.3, 0.4) is 0 Å². The van der Waals surface area contributed by atoms with E-state index in [9.17, 15) is 14.4 Å². The molecule has 0 bridgehead atoms. The number of thiocarbonyl (C=S) groups is 1. The van der Waals surface area contributed by atoms with Gasteiger partial charge in [0.05, 0.1) is 4.99 Å². The van der Waals surface area contributed by atoms with Crippen LogP contribution in [0.15, 0.2) is 0 Å². The lowest BCUT2D eigenvalue weighted by atomic mass is 10.2. The second-order valence-corrected chi connectivity index (χ2v) is 5.32. The minimum Gasteiger partial charge on any atom is -0.393 e. The summed E-state index contributed by atoms with van der Waals surface area (Å²) in [7, 11) is 3.25. The van der Waals surface area contributed by atoms with Gasteiger partial charge in [0.1, 0.15) is 0 Å². The van der Waals surface area contributed by atoms with Gasteiger partial charge in [0.15, 0.2) is 0 Å². The Bertz CT molecular complexity index is 427. The van der Waals surface area contributed by atoms with Crippen LogP contribution in [0.1, 0.15) is 12.8 Å². The van der Waals surface area contributed by atoms with Crippen molar-refractivity contribution in [1.82, 2.24) is 14.7 Å². The quantitative estimate of drug-likeness (QED) is 0.492. The van der Waals surface area contributed by atoms with Crippen molar-refractivity contribution in [1.29, 1.82) is 0 Å². The van der Waals surface area contributed by atoms with E-state index < -0.39 is 11.8 Å². The lowest BCUT2D eigenvalue weighted by molar-refractivity contribution is -0.155. The van der Waals surface area contributed by atoms with E-state index in [1.807, 2.05) is 0 Å². The average molecular weight is 300 g/mol. The monoisotopic (exact) mass is 300 g/mol. The number of piperazine rings is 1. The van der Waals surface area contributed by atoms with E-state index >= 15 is 0 Å². The van der Waals surface area contributed by atoms with Gasteiger partial charge < -0.3 is 20.4 Å². The lowest BCUT2D eigenvalue weighted by Crippen LogP contribution is -2.53. The van der Waals surface area contributed by atoms with Gasteiger partial charge >= 0.3 is 11.8 Å². The maximum atomic E-state index is 11.9. The summed E-state index contributed by atoms with van der Waals surface area (Å²) in [6.45, 7) is 1.68. The maximum Gasteiger partial charge on any atom is 0.312 e. The molecule has 8 heteroatoms. The van der Waals surface area contributed by atoms with Crippen LogP contribution in [0.5, 0.6) is 0 Å². The second kappa shape index (κ2) is 7.18. The number of nitrogens with zero attached hydrogens (tertiary/aromatic N) is 3. The third-order valence-electron chi connectivity index (χ3n) is 3.24. The van der Waals surface area contributed by atoms with Crippen LogP contribution >= 0.6 is 12.2 Å². The Labute approximate surface area is 123 Å². The van der Waals surface area contributed by atoms with Gasteiger partial charge in [-0.1, -0.05) is 12.2 Å². The number of rotatable bonds is 6. The van der Waals surface area contributed by atoms with Crippen molar-refractivity contribution < 1.29 is 14.4 Å². The largest absolute Gasteiger partial charge is 0.393 e. The Kier molecular flexibility index (Phi) is 5.87. The zero-order valence-electron chi connectivity index (χ0n) is 11.8. The summed E-state index contributed by atoms with van der Waals surface area (Å²) in [6, 6.07) is 0. The highest BCUT2D eigenvalue weighted by atomic mass is 32.1. The van der Waals surface area contributed by atoms with Gasteiger partial charge in [-0.15, -0.1) is 0 Å². The first-order valence-corrected chi connectivity index (χ1v) is 6.80. The van der Waals surface area contributed by atoms with Crippen LogP contribution < -0.4 is 5.73 Å². The van der Waals surface area contributed by atoms with E-state index in [1.54, 1.807) is 14.1 Å². The summed E-state index contributed by atoms with van der Waals surface area (Å²) in [5.41, 5.74) is 5.38. The third kappa shape index (κ3) is 4.44. The minimum absolute atomic E-state index is 0.0968. The second-order valence-electron chi connectivity index (χ2n) is 4.80. The number of hydrogen-bond donors (Lipinski definition) is 1. The molecule has 0 unspecified atom stereocenters. The fourth-order valence-electron chi connectivity index (χ4n) is 1.81. The molecule has 20 heavy (non-hydrogen) atoms. The number of amides is 3. The molecule has 0 saturated carbocycles. The van der Waals surface area contributed by atoms with Gasteiger partial charge in [-0.05, 0) is 0 Å². The molecule has 1 aliphatic rings. The summed E-state index contributed by atoms with van der Waals surface area (Å²) in [4.78, 5) is 39.8. The first-order chi connectivity index (χ1) is 9.32. The summed E-state index contributed by atoms with van der Waals surface area (Å²) >= 11 is 4.75. The Balaban J connectivity index is 2.39. The maximum absolute atomic E-state index is 11.9. The van der Waals surface area contributed by atoms with E-state index in [1.165, 1.54) is 14.7 Å². The first kappa shape index (κ1) is 16.4. The van der Waals surface area contributed by atoms with E-state index in [0.717, 1.165) is 0 Å². The highest BCUT2D eigenvalue weighted by Crippen LogP contribution is 2.05.